The van der Waals surface area contributed by atoms with Crippen molar-refractivity contribution in [2.45, 2.75) is 53.6 Å². The number of aromatic amines is 2. The first-order valence-corrected chi connectivity index (χ1v) is 17.8. The molecule has 0 bridgehead atoms. The summed E-state index contributed by atoms with van der Waals surface area (Å²) in [4.78, 5) is 15.7. The van der Waals surface area contributed by atoms with Crippen LogP contribution in [0.15, 0.2) is 60.9 Å². The zero-order chi connectivity index (χ0) is 34.2. The van der Waals surface area contributed by atoms with Crippen LogP contribution in [0.25, 0.3) is 33.6 Å². The van der Waals surface area contributed by atoms with Gasteiger partial charge in [-0.15, -0.1) is 0 Å². The van der Waals surface area contributed by atoms with Gasteiger partial charge in [0.25, 0.3) is 20.4 Å². The fourth-order valence-corrected chi connectivity index (χ4v) is 6.69. The molecule has 2 aromatic heterocycles. The lowest BCUT2D eigenvalue weighted by Gasteiger charge is -2.30. The van der Waals surface area contributed by atoms with Gasteiger partial charge in [-0.2, -0.15) is 34.9 Å². The monoisotopic (exact) mass is 670 g/mol. The molecule has 2 aromatic carbocycles. The Bertz CT molecular complexity index is 1710. The predicted molar refractivity (Wildman–Crippen MR) is 183 cm³/mol. The van der Waals surface area contributed by atoms with Gasteiger partial charge in [-0.25, -0.2) is 9.97 Å². The maximum Gasteiger partial charge on any atom is 0.279 e. The molecule has 0 radical (unpaired) electrons. The summed E-state index contributed by atoms with van der Waals surface area (Å²) in [5.41, 5.74) is 4.61. The van der Waals surface area contributed by atoms with Gasteiger partial charge in [-0.1, -0.05) is 90.1 Å². The Morgan fingerprint density at radius 3 is 1.11 bits per heavy atom. The molecule has 2 unspecified atom stereocenters. The van der Waals surface area contributed by atoms with Crippen molar-refractivity contribution in [3.05, 3.63) is 72.6 Å². The van der Waals surface area contributed by atoms with Crippen LogP contribution >= 0.6 is 0 Å². The van der Waals surface area contributed by atoms with Crippen molar-refractivity contribution >= 4 is 20.4 Å². The highest BCUT2D eigenvalue weighted by Gasteiger charge is 2.34. The Morgan fingerprint density at radius 2 is 0.848 bits per heavy atom. The van der Waals surface area contributed by atoms with Crippen LogP contribution in [0, 0.1) is 10.8 Å². The highest BCUT2D eigenvalue weighted by molar-refractivity contribution is 7.87. The summed E-state index contributed by atoms with van der Waals surface area (Å²) in [6.45, 7) is 11.8. The number of aromatic nitrogens is 4. The Kier molecular flexibility index (Phi) is 10.0. The lowest BCUT2D eigenvalue weighted by atomic mass is 9.87. The molecule has 12 nitrogen and oxygen atoms in total. The van der Waals surface area contributed by atoms with Crippen LogP contribution in [0.4, 0.5) is 0 Å². The summed E-state index contributed by atoms with van der Waals surface area (Å²) in [6, 6.07) is 15.0. The molecule has 4 rings (SSSR count). The number of H-pyrrole nitrogens is 2. The average Bonchev–Trinajstić information content (AvgIpc) is 3.64. The van der Waals surface area contributed by atoms with E-state index in [2.05, 4.69) is 29.4 Å². The fourth-order valence-electron chi connectivity index (χ4n) is 4.74. The minimum absolute atomic E-state index is 0.427. The topological polar surface area (TPSA) is 156 Å². The molecule has 0 fully saturated rings. The van der Waals surface area contributed by atoms with Gasteiger partial charge in [0.2, 0.25) is 0 Å². The molecule has 0 saturated heterocycles. The molecule has 0 aliphatic heterocycles. The molecular weight excluding hydrogens is 625 g/mol. The second-order valence-corrected chi connectivity index (χ2v) is 17.8. The van der Waals surface area contributed by atoms with E-state index in [0.29, 0.717) is 11.6 Å². The van der Waals surface area contributed by atoms with E-state index in [9.17, 15) is 16.8 Å². The first kappa shape index (κ1) is 35.5. The average molecular weight is 671 g/mol. The lowest BCUT2D eigenvalue weighted by Crippen LogP contribution is -2.43. The second kappa shape index (κ2) is 13.0. The number of nitrogens with zero attached hydrogens (tertiary/aromatic N) is 4. The molecule has 14 heteroatoms. The van der Waals surface area contributed by atoms with Gasteiger partial charge in [-0.3, -0.25) is 0 Å². The van der Waals surface area contributed by atoms with E-state index >= 15 is 0 Å². The van der Waals surface area contributed by atoms with E-state index in [4.69, 9.17) is 0 Å². The molecule has 4 aromatic rings. The van der Waals surface area contributed by atoms with E-state index in [0.717, 1.165) is 42.3 Å². The molecule has 0 aliphatic carbocycles. The Hall–Kier alpha value is -3.40. The predicted octanol–water partition coefficient (Wildman–Crippen LogP) is 5.10. The van der Waals surface area contributed by atoms with Gasteiger partial charge < -0.3 is 9.97 Å². The van der Waals surface area contributed by atoms with E-state index in [1.807, 2.05) is 90.1 Å². The molecule has 250 valence electrons. The van der Waals surface area contributed by atoms with Gasteiger partial charge >= 0.3 is 0 Å². The number of nitrogens with one attached hydrogen (secondary N) is 4. The molecule has 46 heavy (non-hydrogen) atoms. The first-order chi connectivity index (χ1) is 21.2. The molecule has 0 amide bonds. The van der Waals surface area contributed by atoms with Crippen molar-refractivity contribution in [3.63, 3.8) is 0 Å². The lowest BCUT2D eigenvalue weighted by molar-refractivity contribution is 0.290. The third-order valence-electron chi connectivity index (χ3n) is 7.69. The zero-order valence-corrected chi connectivity index (χ0v) is 29.8. The highest BCUT2D eigenvalue weighted by atomic mass is 32.2. The quantitative estimate of drug-likeness (QED) is 0.174. The molecule has 0 aliphatic rings. The van der Waals surface area contributed by atoms with Crippen LogP contribution < -0.4 is 9.44 Å². The summed E-state index contributed by atoms with van der Waals surface area (Å²) in [5, 5.41) is 0. The number of hydrogen-bond donors (Lipinski definition) is 4. The molecule has 4 N–H and O–H groups in total. The molecule has 0 spiro atoms. The van der Waals surface area contributed by atoms with Gasteiger partial charge in [0.1, 0.15) is 11.6 Å². The molecule has 2 atom stereocenters. The van der Waals surface area contributed by atoms with Gasteiger partial charge in [0.15, 0.2) is 0 Å². The number of hydrogen-bond acceptors (Lipinski definition) is 6. The standard InChI is InChI=1S/C32H46N8O4S2/c1-31(2,3)27(37-45(41,42)39(7)8)29-33-19-25(35-29)23-15-11-21(12-16-23)22-13-17-24(18-14-22)26-20-34-30(36-26)28(32(4,5)6)38-46(43,44)40(9)10/h11-20,27-28,37-38H,1-10H3,(H,33,35)(H,34,36). The van der Waals surface area contributed by atoms with Gasteiger partial charge in [-0.05, 0) is 33.1 Å². The van der Waals surface area contributed by atoms with Crippen LogP contribution in [0.1, 0.15) is 65.3 Å². The summed E-state index contributed by atoms with van der Waals surface area (Å²) >= 11 is 0. The Morgan fingerprint density at radius 1 is 0.565 bits per heavy atom. The minimum Gasteiger partial charge on any atom is -0.341 e. The van der Waals surface area contributed by atoms with Gasteiger partial charge in [0, 0.05) is 28.2 Å². The SMILES string of the molecule is CN(C)S(=O)(=O)NC(c1ncc(-c2ccc(-c3ccc(-c4cnc(C(NS(=O)(=O)N(C)C)C(C)(C)C)[nH]4)cc3)cc2)[nH]1)C(C)(C)C. The number of rotatable bonds is 11. The second-order valence-electron chi connectivity index (χ2n) is 13.9. The van der Waals surface area contributed by atoms with Crippen molar-refractivity contribution in [3.8, 4) is 33.6 Å². The maximum atomic E-state index is 12.6. The maximum absolute atomic E-state index is 12.6. The number of benzene rings is 2. The minimum atomic E-state index is -3.67. The van der Waals surface area contributed by atoms with Gasteiger partial charge in [0.05, 0.1) is 35.9 Å². The van der Waals surface area contributed by atoms with E-state index in [-0.39, 0.29) is 0 Å². The van der Waals surface area contributed by atoms with Crippen LogP contribution in [-0.2, 0) is 20.4 Å². The fraction of sp³-hybridized carbons (Fsp3) is 0.438. The van der Waals surface area contributed by atoms with E-state index in [1.165, 1.54) is 28.2 Å². The highest BCUT2D eigenvalue weighted by Crippen LogP contribution is 2.35. The Labute approximate surface area is 273 Å². The molecule has 0 saturated carbocycles. The normalized spacial score (nSPS) is 14.6. The third-order valence-corrected chi connectivity index (χ3v) is 10.7. The van der Waals surface area contributed by atoms with Crippen LogP contribution in [0.2, 0.25) is 0 Å². The Balaban J connectivity index is 1.52. The van der Waals surface area contributed by atoms with Crippen molar-refractivity contribution in [1.82, 2.24) is 38.0 Å². The van der Waals surface area contributed by atoms with Crippen molar-refractivity contribution in [2.75, 3.05) is 28.2 Å². The van der Waals surface area contributed by atoms with Crippen LogP contribution in [0.5, 0.6) is 0 Å². The van der Waals surface area contributed by atoms with E-state index < -0.39 is 43.3 Å². The van der Waals surface area contributed by atoms with Crippen molar-refractivity contribution in [1.29, 1.82) is 0 Å². The summed E-state index contributed by atoms with van der Waals surface area (Å²) < 4.78 is 58.1. The summed E-state index contributed by atoms with van der Waals surface area (Å²) in [6.07, 6.45) is 3.44. The van der Waals surface area contributed by atoms with Crippen molar-refractivity contribution < 1.29 is 16.8 Å². The third kappa shape index (κ3) is 8.11. The summed E-state index contributed by atoms with van der Waals surface area (Å²) in [5.74, 6) is 1.08. The molecule has 2 heterocycles. The summed E-state index contributed by atoms with van der Waals surface area (Å²) in [7, 11) is -1.38. The smallest absolute Gasteiger partial charge is 0.279 e. The zero-order valence-electron chi connectivity index (χ0n) is 28.2. The van der Waals surface area contributed by atoms with Crippen molar-refractivity contribution in [2.24, 2.45) is 10.8 Å². The van der Waals surface area contributed by atoms with E-state index in [1.54, 1.807) is 12.4 Å². The first-order valence-electron chi connectivity index (χ1n) is 14.9. The van der Waals surface area contributed by atoms with Crippen LogP contribution in [-0.4, -0.2) is 73.6 Å². The van der Waals surface area contributed by atoms with Crippen LogP contribution in [0.3, 0.4) is 0 Å². The molecular formula is C32H46N8O4S2. The largest absolute Gasteiger partial charge is 0.341 e. The number of imidazole rings is 2.